The topological polar surface area (TPSA) is 165 Å². The lowest BCUT2D eigenvalue weighted by atomic mass is 10.1. The van der Waals surface area contributed by atoms with Crippen LogP contribution in [0.2, 0.25) is 0 Å². The summed E-state index contributed by atoms with van der Waals surface area (Å²) in [6, 6.07) is 16.4. The molecule has 0 bridgehead atoms. The van der Waals surface area contributed by atoms with Crippen LogP contribution in [0.1, 0.15) is 38.8 Å². The Morgan fingerprint density at radius 2 is 1.45 bits per heavy atom. The molecule has 51 heavy (non-hydrogen) atoms. The number of hydrogen-bond donors (Lipinski definition) is 3. The van der Waals surface area contributed by atoms with Crippen molar-refractivity contribution in [2.24, 2.45) is 0 Å². The van der Waals surface area contributed by atoms with Crippen LogP contribution in [0.4, 0.5) is 21.9 Å². The molecular formula is C36H43N5O9S. The molecule has 0 unspecified atom stereocenters. The molecule has 0 atom stereocenters. The number of methoxy groups -OCH3 is 2. The van der Waals surface area contributed by atoms with E-state index < -0.39 is 41.9 Å². The number of alkyl carbamates (subject to hydrolysis) is 1. The molecule has 3 aromatic carbocycles. The van der Waals surface area contributed by atoms with Crippen molar-refractivity contribution in [2.45, 2.75) is 56.2 Å². The molecule has 0 aromatic heterocycles. The van der Waals surface area contributed by atoms with Crippen molar-refractivity contribution in [1.82, 2.24) is 16.0 Å². The number of amides is 4. The molecular weight excluding hydrogens is 678 g/mol. The minimum Gasteiger partial charge on any atom is -0.496 e. The van der Waals surface area contributed by atoms with Gasteiger partial charge in [-0.05, 0) is 50.6 Å². The second-order valence-corrected chi connectivity index (χ2v) is 13.4. The van der Waals surface area contributed by atoms with E-state index in [0.29, 0.717) is 27.6 Å². The predicted octanol–water partition coefficient (Wildman–Crippen LogP) is 4.29. The fraction of sp³-hybridized carbons (Fsp3) is 0.361. The maximum absolute atomic E-state index is 13.2. The number of carbonyl (C=O) groups is 5. The number of hydrogen-bond acceptors (Lipinski definition) is 11. The number of nitrogens with zero attached hydrogens (tertiary/aromatic N) is 2. The Kier molecular flexibility index (Phi) is 12.8. The summed E-state index contributed by atoms with van der Waals surface area (Å²) >= 11 is 1.33. The largest absolute Gasteiger partial charge is 0.496 e. The number of carbonyl (C=O) groups excluding carboxylic acids is 5. The van der Waals surface area contributed by atoms with E-state index in [4.69, 9.17) is 18.9 Å². The van der Waals surface area contributed by atoms with E-state index in [9.17, 15) is 24.0 Å². The van der Waals surface area contributed by atoms with E-state index in [1.54, 1.807) is 32.9 Å². The molecule has 15 heteroatoms. The van der Waals surface area contributed by atoms with E-state index in [2.05, 4.69) is 16.0 Å². The molecule has 3 aromatic rings. The SMILES string of the molecule is COc1ccc2c(c1CNC(=O)CNC(=O)OC(C)(C)C)Sc1c(ccc(OC)c1N(CC(=O)NCC(=O)OCc1ccccc1)C(C)=O)N2C. The normalized spacial score (nSPS) is 11.7. The summed E-state index contributed by atoms with van der Waals surface area (Å²) in [7, 11) is 4.84. The lowest BCUT2D eigenvalue weighted by Gasteiger charge is -2.35. The number of fused-ring (bicyclic) bond motifs is 2. The second kappa shape index (κ2) is 17.0. The molecule has 3 N–H and O–H groups in total. The maximum atomic E-state index is 13.2. The number of esters is 1. The first-order valence-corrected chi connectivity index (χ1v) is 16.8. The van der Waals surface area contributed by atoms with Crippen LogP contribution in [-0.2, 0) is 41.8 Å². The molecule has 14 nitrogen and oxygen atoms in total. The Morgan fingerprint density at radius 3 is 2.08 bits per heavy atom. The average molecular weight is 722 g/mol. The lowest BCUT2D eigenvalue weighted by molar-refractivity contribution is -0.145. The van der Waals surface area contributed by atoms with Gasteiger partial charge in [-0.1, -0.05) is 42.1 Å². The summed E-state index contributed by atoms with van der Waals surface area (Å²) < 4.78 is 21.8. The van der Waals surface area contributed by atoms with Gasteiger partial charge in [0.2, 0.25) is 17.7 Å². The van der Waals surface area contributed by atoms with Crippen LogP contribution in [-0.4, -0.2) is 76.3 Å². The van der Waals surface area contributed by atoms with E-state index >= 15 is 0 Å². The van der Waals surface area contributed by atoms with Gasteiger partial charge < -0.3 is 39.8 Å². The summed E-state index contributed by atoms with van der Waals surface area (Å²) in [5.41, 5.74) is 2.64. The number of nitrogens with one attached hydrogen (secondary N) is 3. The highest BCUT2D eigenvalue weighted by atomic mass is 32.2. The number of anilines is 3. The van der Waals surface area contributed by atoms with Gasteiger partial charge in [-0.2, -0.15) is 0 Å². The third kappa shape index (κ3) is 10.1. The molecule has 0 spiro atoms. The molecule has 1 heterocycles. The van der Waals surface area contributed by atoms with E-state index in [0.717, 1.165) is 21.8 Å². The zero-order chi connectivity index (χ0) is 37.3. The predicted molar refractivity (Wildman–Crippen MR) is 192 cm³/mol. The summed E-state index contributed by atoms with van der Waals surface area (Å²) in [4.78, 5) is 68.0. The first kappa shape index (κ1) is 38.4. The van der Waals surface area contributed by atoms with E-state index in [1.165, 1.54) is 37.8 Å². The smallest absolute Gasteiger partial charge is 0.408 e. The van der Waals surface area contributed by atoms with Gasteiger partial charge in [-0.3, -0.25) is 24.1 Å². The molecule has 272 valence electrons. The highest BCUT2D eigenvalue weighted by molar-refractivity contribution is 8.00. The highest BCUT2D eigenvalue weighted by Crippen LogP contribution is 2.56. The van der Waals surface area contributed by atoms with Crippen molar-refractivity contribution in [3.63, 3.8) is 0 Å². The van der Waals surface area contributed by atoms with Crippen LogP contribution in [0.3, 0.4) is 0 Å². The Morgan fingerprint density at radius 1 is 0.804 bits per heavy atom. The Balaban J connectivity index is 1.55. The van der Waals surface area contributed by atoms with Gasteiger partial charge >= 0.3 is 12.1 Å². The van der Waals surface area contributed by atoms with E-state index in [1.807, 2.05) is 54.4 Å². The monoisotopic (exact) mass is 721 g/mol. The van der Waals surface area contributed by atoms with Crippen LogP contribution in [0.15, 0.2) is 64.4 Å². The van der Waals surface area contributed by atoms with Crippen molar-refractivity contribution in [3.05, 3.63) is 65.7 Å². The molecule has 0 radical (unpaired) electrons. The van der Waals surface area contributed by atoms with Crippen LogP contribution in [0.25, 0.3) is 0 Å². The fourth-order valence-electron chi connectivity index (χ4n) is 5.12. The van der Waals surface area contributed by atoms with Gasteiger partial charge in [0.1, 0.15) is 49.0 Å². The van der Waals surface area contributed by atoms with Gasteiger partial charge in [0.15, 0.2) is 0 Å². The second-order valence-electron chi connectivity index (χ2n) is 12.4. The van der Waals surface area contributed by atoms with Crippen molar-refractivity contribution >= 4 is 58.6 Å². The Bertz CT molecular complexity index is 1780. The van der Waals surface area contributed by atoms with Gasteiger partial charge in [-0.15, -0.1) is 0 Å². The lowest BCUT2D eigenvalue weighted by Crippen LogP contribution is -2.42. The maximum Gasteiger partial charge on any atom is 0.408 e. The molecule has 1 aliphatic heterocycles. The van der Waals surface area contributed by atoms with Gasteiger partial charge in [0.05, 0.1) is 30.5 Å². The Hall–Kier alpha value is -5.44. The average Bonchev–Trinajstić information content (AvgIpc) is 3.09. The quantitative estimate of drug-likeness (QED) is 0.216. The zero-order valence-corrected chi connectivity index (χ0v) is 30.5. The molecule has 0 fully saturated rings. The highest BCUT2D eigenvalue weighted by Gasteiger charge is 2.32. The van der Waals surface area contributed by atoms with Crippen molar-refractivity contribution < 1.29 is 42.9 Å². The van der Waals surface area contributed by atoms with Gasteiger partial charge in [0, 0.05) is 31.0 Å². The fourth-order valence-corrected chi connectivity index (χ4v) is 6.54. The van der Waals surface area contributed by atoms with Crippen molar-refractivity contribution in [2.75, 3.05) is 50.7 Å². The van der Waals surface area contributed by atoms with Crippen molar-refractivity contribution in [3.8, 4) is 11.5 Å². The standard InChI is InChI=1S/C36H43N5O9S/c1-22(42)41(20-30(44)38-19-31(45)49-21-23-11-9-8-10-12-23)32-28(48-7)16-14-26-34(32)51-33-24(27(47-6)15-13-25(33)40(26)5)17-37-29(43)18-39-35(46)50-36(2,3)4/h8-16H,17-21H2,1-7H3,(H,37,43)(H,38,44)(H,39,46). The molecule has 0 aliphatic carbocycles. The molecule has 4 rings (SSSR count). The van der Waals surface area contributed by atoms with Crippen molar-refractivity contribution in [1.29, 1.82) is 0 Å². The van der Waals surface area contributed by atoms with Gasteiger partial charge in [0.25, 0.3) is 0 Å². The number of benzene rings is 3. The molecule has 4 amide bonds. The summed E-state index contributed by atoms with van der Waals surface area (Å²) in [5.74, 6) is -1.25. The van der Waals surface area contributed by atoms with Gasteiger partial charge in [-0.25, -0.2) is 4.79 Å². The van der Waals surface area contributed by atoms with Crippen LogP contribution in [0.5, 0.6) is 11.5 Å². The number of rotatable bonds is 13. The summed E-state index contributed by atoms with van der Waals surface area (Å²) in [6.45, 7) is 5.54. The van der Waals surface area contributed by atoms with Crippen LogP contribution < -0.4 is 35.2 Å². The zero-order valence-electron chi connectivity index (χ0n) is 29.7. The molecule has 0 saturated carbocycles. The summed E-state index contributed by atoms with van der Waals surface area (Å²) in [5, 5.41) is 7.81. The van der Waals surface area contributed by atoms with Crippen LogP contribution in [0, 0.1) is 0 Å². The minimum absolute atomic E-state index is 0.0514. The Labute approximate surface area is 301 Å². The van der Waals surface area contributed by atoms with Crippen LogP contribution >= 0.6 is 11.8 Å². The van der Waals surface area contributed by atoms with E-state index in [-0.39, 0.29) is 26.2 Å². The molecule has 1 aliphatic rings. The third-order valence-electron chi connectivity index (χ3n) is 7.52. The number of ether oxygens (including phenoxy) is 4. The minimum atomic E-state index is -0.714. The first-order valence-electron chi connectivity index (χ1n) is 16.0. The first-order chi connectivity index (χ1) is 24.2. The summed E-state index contributed by atoms with van der Waals surface area (Å²) in [6.07, 6.45) is -0.714. The third-order valence-corrected chi connectivity index (χ3v) is 8.78. The molecule has 0 saturated heterocycles.